The fraction of sp³-hybridized carbons (Fsp3) is 0.167. The molecule has 0 aromatic heterocycles. The second-order valence-electron chi connectivity index (χ2n) is 2.74. The topological polar surface area (TPSA) is 9.23 Å². The fourth-order valence-corrected chi connectivity index (χ4v) is 1.04. The van der Waals surface area contributed by atoms with Gasteiger partial charge in [-0.1, -0.05) is 30.9 Å². The minimum absolute atomic E-state index is 0.556. The minimum Gasteiger partial charge on any atom is -0.490 e. The minimum atomic E-state index is 0.556. The van der Waals surface area contributed by atoms with Crippen molar-refractivity contribution in [3.05, 3.63) is 55.1 Å². The molecule has 0 fully saturated rings. The maximum atomic E-state index is 5.34. The predicted octanol–water partition coefficient (Wildman–Crippen LogP) is 2.98. The lowest BCUT2D eigenvalue weighted by molar-refractivity contribution is 0.363. The highest BCUT2D eigenvalue weighted by atomic mass is 16.5. The van der Waals surface area contributed by atoms with Crippen LogP contribution < -0.4 is 4.74 Å². The molecule has 0 saturated heterocycles. The summed E-state index contributed by atoms with van der Waals surface area (Å²) in [6, 6.07) is 8.00. The monoisotopic (exact) mass is 174 g/mol. The lowest BCUT2D eigenvalue weighted by Gasteiger charge is -2.03. The molecule has 0 spiro atoms. The van der Waals surface area contributed by atoms with Crippen LogP contribution in [0.1, 0.15) is 5.56 Å². The molecule has 0 bridgehead atoms. The molecule has 68 valence electrons. The van der Waals surface area contributed by atoms with E-state index in [2.05, 4.69) is 13.2 Å². The predicted molar refractivity (Wildman–Crippen MR) is 56.0 cm³/mol. The third-order valence-electron chi connectivity index (χ3n) is 1.67. The summed E-state index contributed by atoms with van der Waals surface area (Å²) in [6.45, 7) is 7.82. The van der Waals surface area contributed by atoms with Gasteiger partial charge >= 0.3 is 0 Å². The number of hydrogen-bond donors (Lipinski definition) is 0. The molecular weight excluding hydrogens is 160 g/mol. The van der Waals surface area contributed by atoms with Crippen molar-refractivity contribution < 1.29 is 4.74 Å². The van der Waals surface area contributed by atoms with Crippen LogP contribution in [0.5, 0.6) is 5.75 Å². The van der Waals surface area contributed by atoms with E-state index in [1.807, 2.05) is 30.3 Å². The molecule has 0 radical (unpaired) electrons. The molecule has 0 saturated carbocycles. The molecule has 0 heterocycles. The van der Waals surface area contributed by atoms with Crippen molar-refractivity contribution >= 4 is 0 Å². The number of hydrogen-bond acceptors (Lipinski definition) is 1. The Kier molecular flexibility index (Phi) is 3.83. The Labute approximate surface area is 79.4 Å². The molecule has 1 aromatic rings. The molecule has 0 aliphatic heterocycles. The molecule has 0 atom stereocenters. The van der Waals surface area contributed by atoms with Crippen LogP contribution in [-0.4, -0.2) is 6.61 Å². The molecule has 1 heteroatoms. The molecule has 0 aliphatic carbocycles. The third-order valence-corrected chi connectivity index (χ3v) is 1.67. The first kappa shape index (κ1) is 9.59. The highest BCUT2D eigenvalue weighted by molar-refractivity contribution is 5.28. The fourth-order valence-electron chi connectivity index (χ4n) is 1.04. The van der Waals surface area contributed by atoms with Crippen LogP contribution in [-0.2, 0) is 6.42 Å². The summed E-state index contributed by atoms with van der Waals surface area (Å²) in [5, 5.41) is 0. The van der Waals surface area contributed by atoms with Crippen molar-refractivity contribution in [3.63, 3.8) is 0 Å². The summed E-state index contributed by atoms with van der Waals surface area (Å²) in [4.78, 5) is 0. The van der Waals surface area contributed by atoms with Crippen molar-refractivity contribution in [2.45, 2.75) is 6.42 Å². The Balaban J connectivity index is 2.58. The number of benzene rings is 1. The van der Waals surface area contributed by atoms with Crippen molar-refractivity contribution in [1.82, 2.24) is 0 Å². The maximum Gasteiger partial charge on any atom is 0.119 e. The van der Waals surface area contributed by atoms with Crippen molar-refractivity contribution in [2.75, 3.05) is 6.61 Å². The van der Waals surface area contributed by atoms with Gasteiger partial charge in [-0.15, -0.1) is 6.58 Å². The third kappa shape index (κ3) is 3.16. The van der Waals surface area contributed by atoms with E-state index < -0.39 is 0 Å². The summed E-state index contributed by atoms with van der Waals surface area (Å²) in [6.07, 6.45) is 4.53. The standard InChI is InChI=1S/C12H14O/c1-3-5-11-6-8-12(9-7-11)13-10-4-2/h3-4,6-9H,1-2,5,10H2. The zero-order valence-electron chi connectivity index (χ0n) is 7.70. The highest BCUT2D eigenvalue weighted by Gasteiger charge is 1.92. The summed E-state index contributed by atoms with van der Waals surface area (Å²) < 4.78 is 5.34. The molecular formula is C12H14O. The van der Waals surface area contributed by atoms with E-state index in [0.29, 0.717) is 6.61 Å². The van der Waals surface area contributed by atoms with Crippen molar-refractivity contribution in [3.8, 4) is 5.75 Å². The molecule has 1 rings (SSSR count). The van der Waals surface area contributed by atoms with Crippen LogP contribution in [0.15, 0.2) is 49.6 Å². The van der Waals surface area contributed by atoms with Crippen LogP contribution in [0.4, 0.5) is 0 Å². The van der Waals surface area contributed by atoms with Gasteiger partial charge in [0.1, 0.15) is 12.4 Å². The van der Waals surface area contributed by atoms with Gasteiger partial charge in [0, 0.05) is 0 Å². The van der Waals surface area contributed by atoms with E-state index >= 15 is 0 Å². The molecule has 0 aliphatic rings. The lowest BCUT2D eigenvalue weighted by Crippen LogP contribution is -1.92. The van der Waals surface area contributed by atoms with Gasteiger partial charge in [-0.3, -0.25) is 0 Å². The molecule has 0 amide bonds. The number of ether oxygens (including phenoxy) is 1. The van der Waals surface area contributed by atoms with Gasteiger partial charge in [0.05, 0.1) is 0 Å². The zero-order chi connectivity index (χ0) is 9.52. The Morgan fingerprint density at radius 3 is 2.31 bits per heavy atom. The second-order valence-corrected chi connectivity index (χ2v) is 2.74. The van der Waals surface area contributed by atoms with Crippen molar-refractivity contribution in [2.24, 2.45) is 0 Å². The molecule has 1 nitrogen and oxygen atoms in total. The van der Waals surface area contributed by atoms with Gasteiger partial charge in [-0.05, 0) is 24.1 Å². The first-order chi connectivity index (χ1) is 6.36. The second kappa shape index (κ2) is 5.20. The summed E-state index contributed by atoms with van der Waals surface area (Å²) in [5.74, 6) is 0.882. The highest BCUT2D eigenvalue weighted by Crippen LogP contribution is 2.12. The van der Waals surface area contributed by atoms with Gasteiger partial charge < -0.3 is 4.74 Å². The van der Waals surface area contributed by atoms with Crippen LogP contribution in [0.25, 0.3) is 0 Å². The van der Waals surface area contributed by atoms with E-state index in [1.54, 1.807) is 6.08 Å². The van der Waals surface area contributed by atoms with Crippen LogP contribution in [0.3, 0.4) is 0 Å². The van der Waals surface area contributed by atoms with Gasteiger partial charge in [0.2, 0.25) is 0 Å². The molecule has 1 aromatic carbocycles. The Hall–Kier alpha value is -1.50. The zero-order valence-corrected chi connectivity index (χ0v) is 7.70. The molecule has 13 heavy (non-hydrogen) atoms. The maximum absolute atomic E-state index is 5.34. The van der Waals surface area contributed by atoms with Crippen LogP contribution in [0, 0.1) is 0 Å². The SMILES string of the molecule is C=CCOc1ccc(CC=C)cc1. The summed E-state index contributed by atoms with van der Waals surface area (Å²) in [5.41, 5.74) is 1.25. The van der Waals surface area contributed by atoms with Crippen LogP contribution >= 0.6 is 0 Å². The van der Waals surface area contributed by atoms with Gasteiger partial charge in [-0.25, -0.2) is 0 Å². The van der Waals surface area contributed by atoms with Gasteiger partial charge in [0.15, 0.2) is 0 Å². The van der Waals surface area contributed by atoms with E-state index in [0.717, 1.165) is 12.2 Å². The Morgan fingerprint density at radius 1 is 1.08 bits per heavy atom. The lowest BCUT2D eigenvalue weighted by atomic mass is 10.1. The average Bonchev–Trinajstić information content (AvgIpc) is 2.17. The van der Waals surface area contributed by atoms with Gasteiger partial charge in [-0.2, -0.15) is 0 Å². The largest absolute Gasteiger partial charge is 0.490 e. The normalized spacial score (nSPS) is 9.23. The smallest absolute Gasteiger partial charge is 0.119 e. The molecule has 0 N–H and O–H groups in total. The summed E-state index contributed by atoms with van der Waals surface area (Å²) >= 11 is 0. The first-order valence-corrected chi connectivity index (χ1v) is 4.30. The number of rotatable bonds is 5. The Bertz CT molecular complexity index is 272. The van der Waals surface area contributed by atoms with E-state index in [9.17, 15) is 0 Å². The quantitative estimate of drug-likeness (QED) is 0.623. The summed E-state index contributed by atoms with van der Waals surface area (Å²) in [7, 11) is 0. The van der Waals surface area contributed by atoms with Gasteiger partial charge in [0.25, 0.3) is 0 Å². The van der Waals surface area contributed by atoms with Crippen molar-refractivity contribution in [1.29, 1.82) is 0 Å². The first-order valence-electron chi connectivity index (χ1n) is 4.30. The van der Waals surface area contributed by atoms with E-state index in [4.69, 9.17) is 4.74 Å². The Morgan fingerprint density at radius 2 is 1.77 bits per heavy atom. The van der Waals surface area contributed by atoms with E-state index in [1.165, 1.54) is 5.56 Å². The van der Waals surface area contributed by atoms with Crippen LogP contribution in [0.2, 0.25) is 0 Å². The van der Waals surface area contributed by atoms with E-state index in [-0.39, 0.29) is 0 Å². The number of allylic oxidation sites excluding steroid dienone is 1. The molecule has 0 unspecified atom stereocenters. The average molecular weight is 174 g/mol.